The van der Waals surface area contributed by atoms with E-state index >= 15 is 0 Å². The van der Waals surface area contributed by atoms with Gasteiger partial charge in [-0.2, -0.15) is 4.31 Å². The number of nitrogens with one attached hydrogen (secondary N) is 1. The van der Waals surface area contributed by atoms with Gasteiger partial charge in [-0.3, -0.25) is 0 Å². The molecule has 1 aliphatic heterocycles. The van der Waals surface area contributed by atoms with E-state index in [2.05, 4.69) is 14.8 Å². The molecule has 0 radical (unpaired) electrons. The molecule has 1 N–H and O–H groups in total. The van der Waals surface area contributed by atoms with E-state index in [1.54, 1.807) is 12.1 Å². The van der Waals surface area contributed by atoms with Crippen molar-refractivity contribution in [1.82, 2.24) is 4.31 Å². The molecule has 0 aromatic heterocycles. The molecule has 0 atom stereocenters. The van der Waals surface area contributed by atoms with Crippen LogP contribution in [0.2, 0.25) is 0 Å². The monoisotopic (exact) mass is 382 g/mol. The third-order valence-electron chi connectivity index (χ3n) is 3.93. The fraction of sp³-hybridized carbons (Fsp3) is 0.412. The standard InChI is InChI=1S/C17H22N2O6S/c1-24-16(20)12-15(17(21)25-2)18-13-7-6-8-14(11-13)26(22,23)19-9-4-3-5-10-19/h6-8,11-12,18H,3-5,9-10H2,1-2H3/b15-12+. The van der Waals surface area contributed by atoms with Gasteiger partial charge in [0.1, 0.15) is 5.70 Å². The number of carbonyl (C=O) groups is 2. The van der Waals surface area contributed by atoms with Crippen molar-refractivity contribution in [2.45, 2.75) is 24.2 Å². The highest BCUT2D eigenvalue weighted by Gasteiger charge is 2.26. The molecule has 1 saturated heterocycles. The van der Waals surface area contributed by atoms with Gasteiger partial charge in [0.25, 0.3) is 0 Å². The fourth-order valence-corrected chi connectivity index (χ4v) is 4.14. The molecule has 1 heterocycles. The molecule has 0 aliphatic carbocycles. The lowest BCUT2D eigenvalue weighted by Crippen LogP contribution is -2.35. The molecule has 0 saturated carbocycles. The Morgan fingerprint density at radius 2 is 1.81 bits per heavy atom. The van der Waals surface area contributed by atoms with Crippen LogP contribution in [0.4, 0.5) is 5.69 Å². The maximum Gasteiger partial charge on any atom is 0.354 e. The van der Waals surface area contributed by atoms with E-state index in [4.69, 9.17) is 0 Å². The Kier molecular flexibility index (Phi) is 6.76. The summed E-state index contributed by atoms with van der Waals surface area (Å²) in [6, 6.07) is 6.06. The molecule has 0 amide bonds. The first-order chi connectivity index (χ1) is 12.4. The molecule has 0 unspecified atom stereocenters. The van der Waals surface area contributed by atoms with Gasteiger partial charge < -0.3 is 14.8 Å². The number of esters is 2. The molecule has 9 heteroatoms. The summed E-state index contributed by atoms with van der Waals surface area (Å²) in [5.74, 6) is -1.52. The van der Waals surface area contributed by atoms with Crippen LogP contribution in [-0.4, -0.2) is 52.0 Å². The summed E-state index contributed by atoms with van der Waals surface area (Å²) >= 11 is 0. The summed E-state index contributed by atoms with van der Waals surface area (Å²) in [7, 11) is -1.25. The van der Waals surface area contributed by atoms with Crippen molar-refractivity contribution in [1.29, 1.82) is 0 Å². The maximum absolute atomic E-state index is 12.8. The third kappa shape index (κ3) is 4.83. The molecule has 2 rings (SSSR count). The number of carbonyl (C=O) groups excluding carboxylic acids is 2. The molecule has 8 nitrogen and oxygen atoms in total. The van der Waals surface area contributed by atoms with E-state index in [-0.39, 0.29) is 10.6 Å². The zero-order valence-corrected chi connectivity index (χ0v) is 15.5. The summed E-state index contributed by atoms with van der Waals surface area (Å²) in [4.78, 5) is 23.3. The second-order valence-corrected chi connectivity index (χ2v) is 7.63. The minimum atomic E-state index is -3.61. The number of hydrogen-bond donors (Lipinski definition) is 1. The lowest BCUT2D eigenvalue weighted by atomic mass is 10.2. The molecule has 1 aromatic rings. The van der Waals surface area contributed by atoms with Crippen LogP contribution >= 0.6 is 0 Å². The number of ether oxygens (including phenoxy) is 2. The largest absolute Gasteiger partial charge is 0.466 e. The van der Waals surface area contributed by atoms with Gasteiger partial charge >= 0.3 is 11.9 Å². The van der Waals surface area contributed by atoms with Gasteiger partial charge in [0.15, 0.2) is 0 Å². The topological polar surface area (TPSA) is 102 Å². The van der Waals surface area contributed by atoms with Crippen LogP contribution < -0.4 is 5.32 Å². The summed E-state index contributed by atoms with van der Waals surface area (Å²) in [5, 5.41) is 2.71. The van der Waals surface area contributed by atoms with E-state index in [9.17, 15) is 18.0 Å². The van der Waals surface area contributed by atoms with Crippen molar-refractivity contribution >= 4 is 27.6 Å². The number of methoxy groups -OCH3 is 2. The molecule has 0 spiro atoms. The zero-order valence-electron chi connectivity index (χ0n) is 14.7. The van der Waals surface area contributed by atoms with Crippen molar-refractivity contribution in [3.05, 3.63) is 36.0 Å². The Hall–Kier alpha value is -2.39. The predicted molar refractivity (Wildman–Crippen MR) is 94.8 cm³/mol. The molecular formula is C17H22N2O6S. The van der Waals surface area contributed by atoms with Crippen LogP contribution in [0.25, 0.3) is 0 Å². The second kappa shape index (κ2) is 8.81. The molecule has 1 aromatic carbocycles. The van der Waals surface area contributed by atoms with Crippen molar-refractivity contribution in [2.75, 3.05) is 32.6 Å². The molecule has 142 valence electrons. The number of benzene rings is 1. The van der Waals surface area contributed by atoms with Gasteiger partial charge in [-0.1, -0.05) is 12.5 Å². The predicted octanol–water partition coefficient (Wildman–Crippen LogP) is 1.50. The van der Waals surface area contributed by atoms with E-state index < -0.39 is 22.0 Å². The Labute approximate surface area is 152 Å². The summed E-state index contributed by atoms with van der Waals surface area (Å²) in [6.45, 7) is 0.991. The number of rotatable bonds is 6. The number of piperidine rings is 1. The van der Waals surface area contributed by atoms with E-state index in [0.717, 1.165) is 25.3 Å². The summed E-state index contributed by atoms with van der Waals surface area (Å²) < 4.78 is 36.1. The van der Waals surface area contributed by atoms with Crippen molar-refractivity contribution in [2.24, 2.45) is 0 Å². The van der Waals surface area contributed by atoms with Gasteiger partial charge in [-0.15, -0.1) is 0 Å². The van der Waals surface area contributed by atoms with Gasteiger partial charge in [-0.05, 0) is 31.0 Å². The minimum Gasteiger partial charge on any atom is -0.466 e. The normalized spacial score (nSPS) is 16.0. The van der Waals surface area contributed by atoms with Crippen LogP contribution in [0, 0.1) is 0 Å². The quantitative estimate of drug-likeness (QED) is 0.587. The van der Waals surface area contributed by atoms with Crippen molar-refractivity contribution in [3.8, 4) is 0 Å². The molecule has 1 fully saturated rings. The Balaban J connectivity index is 2.28. The molecular weight excluding hydrogens is 360 g/mol. The lowest BCUT2D eigenvalue weighted by Gasteiger charge is -2.26. The maximum atomic E-state index is 12.8. The highest BCUT2D eigenvalue weighted by molar-refractivity contribution is 7.89. The van der Waals surface area contributed by atoms with Gasteiger partial charge in [0.2, 0.25) is 10.0 Å². The number of sulfonamides is 1. The summed E-state index contributed by atoms with van der Waals surface area (Å²) in [5.41, 5.74) is 0.176. The van der Waals surface area contributed by atoms with Crippen LogP contribution in [0.3, 0.4) is 0 Å². The average molecular weight is 382 g/mol. The molecule has 1 aliphatic rings. The van der Waals surface area contributed by atoms with E-state index in [1.165, 1.54) is 30.7 Å². The van der Waals surface area contributed by atoms with Gasteiger partial charge in [0, 0.05) is 18.8 Å². The Morgan fingerprint density at radius 3 is 2.42 bits per heavy atom. The first-order valence-corrected chi connectivity index (χ1v) is 9.57. The summed E-state index contributed by atoms with van der Waals surface area (Å²) in [6.07, 6.45) is 3.64. The van der Waals surface area contributed by atoms with Crippen LogP contribution in [0.5, 0.6) is 0 Å². The van der Waals surface area contributed by atoms with Crippen molar-refractivity contribution in [3.63, 3.8) is 0 Å². The average Bonchev–Trinajstić information content (AvgIpc) is 2.67. The zero-order chi connectivity index (χ0) is 19.2. The van der Waals surface area contributed by atoms with Crippen LogP contribution in [-0.2, 0) is 29.1 Å². The highest BCUT2D eigenvalue weighted by atomic mass is 32.2. The highest BCUT2D eigenvalue weighted by Crippen LogP contribution is 2.23. The van der Waals surface area contributed by atoms with E-state index in [1.807, 2.05) is 0 Å². The fourth-order valence-electron chi connectivity index (χ4n) is 2.58. The van der Waals surface area contributed by atoms with Gasteiger partial charge in [0.05, 0.1) is 25.2 Å². The Morgan fingerprint density at radius 1 is 1.12 bits per heavy atom. The number of nitrogens with zero attached hydrogens (tertiary/aromatic N) is 1. The lowest BCUT2D eigenvalue weighted by molar-refractivity contribution is -0.138. The van der Waals surface area contributed by atoms with E-state index in [0.29, 0.717) is 18.8 Å². The molecule has 26 heavy (non-hydrogen) atoms. The minimum absolute atomic E-state index is 0.117. The number of anilines is 1. The van der Waals surface area contributed by atoms with Gasteiger partial charge in [-0.25, -0.2) is 18.0 Å². The molecule has 0 bridgehead atoms. The number of hydrogen-bond acceptors (Lipinski definition) is 7. The second-order valence-electron chi connectivity index (χ2n) is 5.69. The first kappa shape index (κ1) is 19.9. The van der Waals surface area contributed by atoms with Crippen LogP contribution in [0.15, 0.2) is 40.9 Å². The first-order valence-electron chi connectivity index (χ1n) is 8.13. The van der Waals surface area contributed by atoms with Crippen molar-refractivity contribution < 1.29 is 27.5 Å². The smallest absolute Gasteiger partial charge is 0.354 e. The van der Waals surface area contributed by atoms with Crippen LogP contribution in [0.1, 0.15) is 19.3 Å². The Bertz CT molecular complexity index is 797. The SMILES string of the molecule is COC(=O)/C=C(/Nc1cccc(S(=O)(=O)N2CCCCC2)c1)C(=O)OC. The third-order valence-corrected chi connectivity index (χ3v) is 5.83.